The molecule has 208 valence electrons. The van der Waals surface area contributed by atoms with E-state index in [1.54, 1.807) is 0 Å². The lowest BCUT2D eigenvalue weighted by Crippen LogP contribution is -1.94. The lowest BCUT2D eigenvalue weighted by molar-refractivity contribution is 0.673. The summed E-state index contributed by atoms with van der Waals surface area (Å²) in [5.74, 6) is 0. The molecule has 11 aromatic rings. The first kappa shape index (κ1) is 23.8. The van der Waals surface area contributed by atoms with Crippen molar-refractivity contribution < 1.29 is 4.42 Å². The van der Waals surface area contributed by atoms with Crippen molar-refractivity contribution in [1.29, 1.82) is 0 Å². The van der Waals surface area contributed by atoms with E-state index in [1.165, 1.54) is 74.3 Å². The maximum atomic E-state index is 6.64. The molecule has 3 heterocycles. The van der Waals surface area contributed by atoms with Gasteiger partial charge < -0.3 is 8.98 Å². The number of nitrogens with zero attached hydrogens (tertiary/aromatic N) is 1. The summed E-state index contributed by atoms with van der Waals surface area (Å²) >= 11 is 1.91. The fourth-order valence-corrected chi connectivity index (χ4v) is 9.21. The molecule has 0 N–H and O–H groups in total. The molecule has 0 radical (unpaired) electrons. The van der Waals surface area contributed by atoms with E-state index in [-0.39, 0.29) is 0 Å². The van der Waals surface area contributed by atoms with E-state index >= 15 is 0 Å². The zero-order valence-electron chi connectivity index (χ0n) is 24.0. The van der Waals surface area contributed by atoms with E-state index in [0.717, 1.165) is 27.6 Å². The largest absolute Gasteiger partial charge is 0.455 e. The summed E-state index contributed by atoms with van der Waals surface area (Å²) in [6, 6.07) is 50.8. The topological polar surface area (TPSA) is 18.1 Å². The summed E-state index contributed by atoms with van der Waals surface area (Å²) in [7, 11) is 0. The summed E-state index contributed by atoms with van der Waals surface area (Å²) in [5.41, 5.74) is 5.43. The molecule has 0 spiro atoms. The van der Waals surface area contributed by atoms with Gasteiger partial charge in [-0.05, 0) is 45.8 Å². The second-order valence-corrected chi connectivity index (χ2v) is 13.1. The number of hydrogen-bond donors (Lipinski definition) is 0. The normalized spacial score (nSPS) is 12.4. The van der Waals surface area contributed by atoms with Crippen molar-refractivity contribution in [2.45, 2.75) is 0 Å². The molecule has 0 saturated carbocycles. The zero-order valence-corrected chi connectivity index (χ0v) is 24.9. The average Bonchev–Trinajstić information content (AvgIpc) is 3.78. The molecule has 3 heteroatoms. The molecule has 0 amide bonds. The molecular weight excluding hydrogens is 567 g/mol. The summed E-state index contributed by atoms with van der Waals surface area (Å²) < 4.78 is 11.8. The van der Waals surface area contributed by atoms with Gasteiger partial charge >= 0.3 is 0 Å². The minimum Gasteiger partial charge on any atom is -0.455 e. The molecule has 2 nitrogen and oxygen atoms in total. The van der Waals surface area contributed by atoms with Gasteiger partial charge in [0.15, 0.2) is 0 Å². The monoisotopic (exact) mass is 589 g/mol. The van der Waals surface area contributed by atoms with Crippen LogP contribution in [-0.2, 0) is 0 Å². The molecule has 0 aliphatic carbocycles. The van der Waals surface area contributed by atoms with Crippen LogP contribution in [0.1, 0.15) is 0 Å². The van der Waals surface area contributed by atoms with E-state index < -0.39 is 0 Å². The van der Waals surface area contributed by atoms with Crippen LogP contribution < -0.4 is 0 Å². The molecule has 0 saturated heterocycles. The van der Waals surface area contributed by atoms with Gasteiger partial charge in [-0.25, -0.2) is 0 Å². The fraction of sp³-hybridized carbons (Fsp3) is 0. The Hall–Kier alpha value is -5.64. The fourth-order valence-electron chi connectivity index (χ4n) is 7.92. The number of para-hydroxylation sites is 2. The first-order chi connectivity index (χ1) is 22.3. The number of furan rings is 1. The zero-order chi connectivity index (χ0) is 29.2. The lowest BCUT2D eigenvalue weighted by atomic mass is 9.97. The maximum absolute atomic E-state index is 6.64. The summed E-state index contributed by atoms with van der Waals surface area (Å²) in [5, 5.41) is 15.1. The van der Waals surface area contributed by atoms with Crippen LogP contribution in [0.25, 0.3) is 102 Å². The molecule has 11 rings (SSSR count). The van der Waals surface area contributed by atoms with Crippen molar-refractivity contribution in [3.05, 3.63) is 140 Å². The van der Waals surface area contributed by atoms with E-state index in [0.29, 0.717) is 0 Å². The molecular formula is C42H23NOS. The second-order valence-electron chi connectivity index (χ2n) is 12.0. The number of hydrogen-bond acceptors (Lipinski definition) is 2. The molecule has 0 bridgehead atoms. The first-order valence-electron chi connectivity index (χ1n) is 15.4. The van der Waals surface area contributed by atoms with Crippen LogP contribution in [0.15, 0.2) is 144 Å². The second kappa shape index (κ2) is 8.50. The Labute approximate surface area is 260 Å². The van der Waals surface area contributed by atoms with Gasteiger partial charge in [-0.2, -0.15) is 0 Å². The van der Waals surface area contributed by atoms with Crippen LogP contribution >= 0.6 is 11.3 Å². The highest BCUT2D eigenvalue weighted by molar-refractivity contribution is 7.27. The quantitative estimate of drug-likeness (QED) is 0.174. The van der Waals surface area contributed by atoms with Crippen LogP contribution in [0.3, 0.4) is 0 Å². The van der Waals surface area contributed by atoms with E-state index in [2.05, 4.69) is 144 Å². The van der Waals surface area contributed by atoms with Crippen LogP contribution in [0.2, 0.25) is 0 Å². The van der Waals surface area contributed by atoms with Gasteiger partial charge in [0, 0.05) is 52.8 Å². The van der Waals surface area contributed by atoms with Crippen molar-refractivity contribution >= 4 is 108 Å². The van der Waals surface area contributed by atoms with Crippen LogP contribution in [-0.4, -0.2) is 4.57 Å². The number of thiophene rings is 1. The van der Waals surface area contributed by atoms with Gasteiger partial charge in [0.1, 0.15) is 11.2 Å². The third-order valence-electron chi connectivity index (χ3n) is 9.74. The van der Waals surface area contributed by atoms with E-state index in [4.69, 9.17) is 4.42 Å². The van der Waals surface area contributed by atoms with Crippen LogP contribution in [0.5, 0.6) is 0 Å². The smallest absolute Gasteiger partial charge is 0.145 e. The molecule has 0 atom stereocenters. The van der Waals surface area contributed by atoms with Crippen molar-refractivity contribution in [3.63, 3.8) is 0 Å². The number of benzene rings is 8. The molecule has 0 fully saturated rings. The lowest BCUT2D eigenvalue weighted by Gasteiger charge is -2.10. The first-order valence-corrected chi connectivity index (χ1v) is 16.2. The predicted molar refractivity (Wildman–Crippen MR) is 193 cm³/mol. The molecule has 45 heavy (non-hydrogen) atoms. The average molecular weight is 590 g/mol. The Kier molecular flexibility index (Phi) is 4.49. The highest BCUT2D eigenvalue weighted by atomic mass is 32.1. The van der Waals surface area contributed by atoms with Gasteiger partial charge in [0.25, 0.3) is 0 Å². The summed E-state index contributed by atoms with van der Waals surface area (Å²) in [6.45, 7) is 0. The van der Waals surface area contributed by atoms with Crippen molar-refractivity contribution in [2.75, 3.05) is 0 Å². The predicted octanol–water partition coefficient (Wildman–Crippen LogP) is 12.5. The van der Waals surface area contributed by atoms with E-state index in [9.17, 15) is 0 Å². The number of fused-ring (bicyclic) bond motifs is 18. The molecule has 0 aliphatic heterocycles. The Balaban J connectivity index is 1.34. The molecule has 8 aromatic carbocycles. The summed E-state index contributed by atoms with van der Waals surface area (Å²) in [4.78, 5) is 0. The molecule has 0 unspecified atom stereocenters. The van der Waals surface area contributed by atoms with Crippen molar-refractivity contribution in [1.82, 2.24) is 4.57 Å². The number of rotatable bonds is 1. The third kappa shape index (κ3) is 2.98. The molecule has 3 aromatic heterocycles. The van der Waals surface area contributed by atoms with Crippen LogP contribution in [0.4, 0.5) is 0 Å². The van der Waals surface area contributed by atoms with Crippen LogP contribution in [0, 0.1) is 0 Å². The number of aromatic nitrogens is 1. The Morgan fingerprint density at radius 1 is 0.444 bits per heavy atom. The van der Waals surface area contributed by atoms with E-state index in [1.807, 2.05) is 11.3 Å². The van der Waals surface area contributed by atoms with Gasteiger partial charge in [0.05, 0.1) is 16.4 Å². The summed E-state index contributed by atoms with van der Waals surface area (Å²) in [6.07, 6.45) is 0. The Bertz CT molecular complexity index is 3050. The maximum Gasteiger partial charge on any atom is 0.145 e. The van der Waals surface area contributed by atoms with Gasteiger partial charge in [-0.1, -0.05) is 115 Å². The van der Waals surface area contributed by atoms with Crippen molar-refractivity contribution in [2.24, 2.45) is 0 Å². The standard InChI is InChI=1S/C42H23NOS/c1-3-13-27-25(11-1)26-12-2-6-16-30(26)42-38(27)33-22-21-24(23-36(33)45-42)43-34-19-9-7-17-31(34)37-28-14-4-5-15-29(28)41-39(40(37)43)32-18-8-10-20-35(32)44-41/h1-23H. The van der Waals surface area contributed by atoms with Gasteiger partial charge in [-0.15, -0.1) is 11.3 Å². The SMILES string of the molecule is c1ccc2c(c1)oc1c3ccccc3c3c4ccccc4n(-c4ccc5c(c4)sc4c6ccccc6c6ccccc6c54)c3c21. The Morgan fingerprint density at radius 2 is 1.04 bits per heavy atom. The Morgan fingerprint density at radius 3 is 1.84 bits per heavy atom. The van der Waals surface area contributed by atoms with Gasteiger partial charge in [0.2, 0.25) is 0 Å². The minimum absolute atomic E-state index is 0.917. The highest BCUT2D eigenvalue weighted by Crippen LogP contribution is 2.48. The third-order valence-corrected chi connectivity index (χ3v) is 10.9. The van der Waals surface area contributed by atoms with Gasteiger partial charge in [-0.3, -0.25) is 0 Å². The highest BCUT2D eigenvalue weighted by Gasteiger charge is 2.23. The minimum atomic E-state index is 0.917. The van der Waals surface area contributed by atoms with Crippen molar-refractivity contribution in [3.8, 4) is 5.69 Å². The molecule has 0 aliphatic rings.